The molecular weight excluding hydrogens is 554 g/mol. The van der Waals surface area contributed by atoms with Gasteiger partial charge in [0, 0.05) is 18.0 Å². The molecule has 0 saturated carbocycles. The number of nitrogens with zero attached hydrogens (tertiary/aromatic N) is 2. The van der Waals surface area contributed by atoms with Crippen LogP contribution < -0.4 is 5.32 Å². The molecule has 4 N–H and O–H groups in total. The van der Waals surface area contributed by atoms with Gasteiger partial charge in [-0.25, -0.2) is 18.9 Å². The van der Waals surface area contributed by atoms with Gasteiger partial charge in [0.15, 0.2) is 27.9 Å². The normalized spacial score (nSPS) is 11.9. The zero-order valence-electron chi connectivity index (χ0n) is 18.8. The number of rotatable bonds is 13. The Labute approximate surface area is 218 Å². The van der Waals surface area contributed by atoms with Crippen molar-refractivity contribution in [1.29, 1.82) is 0 Å². The monoisotopic (exact) mass is 573 g/mol. The van der Waals surface area contributed by atoms with Crippen molar-refractivity contribution >= 4 is 67.9 Å². The Morgan fingerprint density at radius 3 is 2.43 bits per heavy atom. The Morgan fingerprint density at radius 2 is 1.76 bits per heavy atom. The van der Waals surface area contributed by atoms with Crippen LogP contribution in [0.3, 0.4) is 0 Å². The summed E-state index contributed by atoms with van der Waals surface area (Å²) in [6, 6.07) is 11.9. The molecular formula is C20H19N3O11S3. The maximum atomic E-state index is 12.4. The maximum absolute atomic E-state index is 12.4. The molecule has 17 heteroatoms. The van der Waals surface area contributed by atoms with Crippen LogP contribution in [-0.2, 0) is 37.6 Å². The lowest BCUT2D eigenvalue weighted by Gasteiger charge is -2.10. The molecule has 3 aromatic carbocycles. The minimum Gasteiger partial charge on any atom is -0.505 e. The van der Waals surface area contributed by atoms with Crippen LogP contribution in [0.15, 0.2) is 68.6 Å². The number of carbonyl (C=O) groups excluding carboxylic acids is 1. The first kappa shape index (κ1) is 28.7. The SMILES string of the molecule is CC(=O)Nc1ccc2cc(SOOO)c(/N=N/c3ccc(S(=O)(=O)CCOSOOO)cc3)c(O)c2c1. The van der Waals surface area contributed by atoms with Crippen molar-refractivity contribution in [2.24, 2.45) is 10.2 Å². The molecule has 198 valence electrons. The first-order valence-corrected chi connectivity index (χ1v) is 13.0. The summed E-state index contributed by atoms with van der Waals surface area (Å²) in [5, 5.41) is 46.0. The van der Waals surface area contributed by atoms with Crippen LogP contribution in [0.1, 0.15) is 6.92 Å². The molecule has 0 radical (unpaired) electrons. The third-order valence-electron chi connectivity index (χ3n) is 4.53. The zero-order chi connectivity index (χ0) is 26.8. The van der Waals surface area contributed by atoms with Gasteiger partial charge in [-0.2, -0.15) is 5.11 Å². The molecule has 0 aliphatic rings. The number of amides is 1. The molecule has 0 saturated heterocycles. The summed E-state index contributed by atoms with van der Waals surface area (Å²) in [6.07, 6.45) is 0. The molecule has 0 aliphatic heterocycles. The fourth-order valence-corrected chi connectivity index (χ4v) is 4.90. The van der Waals surface area contributed by atoms with Gasteiger partial charge in [0.2, 0.25) is 5.91 Å². The van der Waals surface area contributed by atoms with Gasteiger partial charge in [-0.3, -0.25) is 8.98 Å². The Hall–Kier alpha value is -2.84. The van der Waals surface area contributed by atoms with Crippen LogP contribution in [0.5, 0.6) is 5.75 Å². The van der Waals surface area contributed by atoms with Crippen molar-refractivity contribution in [2.75, 3.05) is 17.7 Å². The van der Waals surface area contributed by atoms with Gasteiger partial charge < -0.3 is 10.4 Å². The molecule has 0 aliphatic carbocycles. The smallest absolute Gasteiger partial charge is 0.221 e. The summed E-state index contributed by atoms with van der Waals surface area (Å²) in [4.78, 5) is 11.6. The van der Waals surface area contributed by atoms with Crippen LogP contribution in [0.25, 0.3) is 10.8 Å². The second-order valence-electron chi connectivity index (χ2n) is 6.96. The molecule has 3 rings (SSSR count). The standard InChI is InChI=1S/C20H19N3O11S3/c1-12(24)21-15-3-2-13-10-18(35-33-31-26)19(20(25)17(13)11-15)23-22-14-4-6-16(7-5-14)37(28,29)9-8-30-36-34-32-27/h2-7,10-11,25-27H,8-9H2,1H3,(H,21,24)/b23-22+. The fraction of sp³-hybridized carbons (Fsp3) is 0.150. The van der Waals surface area contributed by atoms with E-state index < -0.39 is 9.84 Å². The van der Waals surface area contributed by atoms with Crippen molar-refractivity contribution in [1.82, 2.24) is 0 Å². The van der Waals surface area contributed by atoms with E-state index in [-0.39, 0.29) is 57.5 Å². The Balaban J connectivity index is 1.86. The second-order valence-corrected chi connectivity index (χ2v) is 10.3. The van der Waals surface area contributed by atoms with E-state index in [2.05, 4.69) is 34.3 Å². The van der Waals surface area contributed by atoms with Crippen LogP contribution in [0.2, 0.25) is 0 Å². The molecule has 0 aromatic heterocycles. The molecule has 3 aromatic rings. The Kier molecular flexibility index (Phi) is 10.6. The summed E-state index contributed by atoms with van der Waals surface area (Å²) in [5.41, 5.74) is 0.680. The number of hydrogen-bond acceptors (Lipinski definition) is 15. The number of azo groups is 1. The average Bonchev–Trinajstić information content (AvgIpc) is 2.87. The number of sulfone groups is 1. The summed E-state index contributed by atoms with van der Waals surface area (Å²) in [6.45, 7) is 1.12. The third-order valence-corrected chi connectivity index (χ3v) is 7.22. The quantitative estimate of drug-likeness (QED) is 0.0692. The molecule has 0 unspecified atom stereocenters. The Bertz CT molecular complexity index is 1370. The van der Waals surface area contributed by atoms with Gasteiger partial charge in [0.05, 0.1) is 39.9 Å². The van der Waals surface area contributed by atoms with Crippen LogP contribution in [0.4, 0.5) is 17.1 Å². The number of aromatic hydroxyl groups is 1. The number of anilines is 1. The fourth-order valence-electron chi connectivity index (χ4n) is 2.99. The molecule has 0 heterocycles. The Morgan fingerprint density at radius 1 is 1.03 bits per heavy atom. The van der Waals surface area contributed by atoms with Crippen LogP contribution >= 0.6 is 24.4 Å². The third kappa shape index (κ3) is 8.07. The minimum absolute atomic E-state index is 0.00293. The van der Waals surface area contributed by atoms with Gasteiger partial charge in [-0.15, -0.1) is 13.8 Å². The number of carbonyl (C=O) groups is 1. The zero-order valence-corrected chi connectivity index (χ0v) is 21.2. The average molecular weight is 574 g/mol. The van der Waals surface area contributed by atoms with E-state index in [1.807, 2.05) is 0 Å². The maximum Gasteiger partial charge on any atom is 0.221 e. The van der Waals surface area contributed by atoms with E-state index in [0.717, 1.165) is 0 Å². The molecule has 0 atom stereocenters. The summed E-state index contributed by atoms with van der Waals surface area (Å²) in [7, 11) is -3.69. The largest absolute Gasteiger partial charge is 0.505 e. The lowest BCUT2D eigenvalue weighted by molar-refractivity contribution is -0.434. The van der Waals surface area contributed by atoms with Crippen molar-refractivity contribution in [2.45, 2.75) is 16.7 Å². The first-order valence-electron chi connectivity index (χ1n) is 9.98. The van der Waals surface area contributed by atoms with Gasteiger partial charge >= 0.3 is 0 Å². The molecule has 0 bridgehead atoms. The van der Waals surface area contributed by atoms with Gasteiger partial charge in [-0.1, -0.05) is 16.1 Å². The first-order chi connectivity index (χ1) is 17.7. The molecule has 0 fully saturated rings. The van der Waals surface area contributed by atoms with E-state index in [1.54, 1.807) is 24.3 Å². The van der Waals surface area contributed by atoms with Gasteiger partial charge in [0.25, 0.3) is 0 Å². The van der Waals surface area contributed by atoms with Crippen molar-refractivity contribution in [3.8, 4) is 5.75 Å². The summed E-state index contributed by atoms with van der Waals surface area (Å²) >= 11 is 0.837. The van der Waals surface area contributed by atoms with E-state index in [9.17, 15) is 18.3 Å². The lowest BCUT2D eigenvalue weighted by atomic mass is 10.1. The number of phenols is 1. The lowest BCUT2D eigenvalue weighted by Crippen LogP contribution is -2.10. The highest BCUT2D eigenvalue weighted by atomic mass is 32.2. The van der Waals surface area contributed by atoms with Gasteiger partial charge in [0.1, 0.15) is 5.69 Å². The van der Waals surface area contributed by atoms with E-state index >= 15 is 0 Å². The summed E-state index contributed by atoms with van der Waals surface area (Å²) in [5.74, 6) is -0.944. The number of benzene rings is 3. The number of hydrogen-bond donors (Lipinski definition) is 4. The molecule has 14 nitrogen and oxygen atoms in total. The number of nitrogens with one attached hydrogen (secondary N) is 1. The van der Waals surface area contributed by atoms with Crippen LogP contribution in [0, 0.1) is 0 Å². The number of phenolic OH excluding ortho intramolecular Hbond substituents is 1. The van der Waals surface area contributed by atoms with Crippen LogP contribution in [-0.4, -0.2) is 42.3 Å². The van der Waals surface area contributed by atoms with Gasteiger partial charge in [-0.05, 0) is 47.9 Å². The molecule has 1 amide bonds. The molecule has 0 spiro atoms. The van der Waals surface area contributed by atoms with E-state index in [0.29, 0.717) is 28.5 Å². The molecule has 37 heavy (non-hydrogen) atoms. The second kappa shape index (κ2) is 13.6. The van der Waals surface area contributed by atoms with Crippen molar-refractivity contribution in [3.63, 3.8) is 0 Å². The highest BCUT2D eigenvalue weighted by molar-refractivity contribution is 7.94. The highest BCUT2D eigenvalue weighted by Crippen LogP contribution is 2.44. The predicted octanol–water partition coefficient (Wildman–Crippen LogP) is 5.12. The van der Waals surface area contributed by atoms with Crippen molar-refractivity contribution < 1.29 is 51.8 Å². The highest BCUT2D eigenvalue weighted by Gasteiger charge is 2.17. The van der Waals surface area contributed by atoms with E-state index in [4.69, 9.17) is 14.7 Å². The van der Waals surface area contributed by atoms with Crippen molar-refractivity contribution in [3.05, 3.63) is 48.5 Å². The predicted molar refractivity (Wildman–Crippen MR) is 132 cm³/mol. The topological polar surface area (TPSA) is 195 Å². The number of fused-ring (bicyclic) bond motifs is 1. The summed E-state index contributed by atoms with van der Waals surface area (Å²) < 4.78 is 38.0. The van der Waals surface area contributed by atoms with E-state index in [1.165, 1.54) is 31.2 Å². The minimum atomic E-state index is -3.69.